The lowest BCUT2D eigenvalue weighted by atomic mass is 9.95. The number of hydrogen-bond acceptors (Lipinski definition) is 3. The largest absolute Gasteiger partial charge is 0.355 e. The van der Waals surface area contributed by atoms with E-state index in [1.165, 1.54) is 0 Å². The molecule has 1 aromatic carbocycles. The highest BCUT2D eigenvalue weighted by Crippen LogP contribution is 2.25. The number of benzene rings is 1. The van der Waals surface area contributed by atoms with Crippen LogP contribution in [0.5, 0.6) is 0 Å². The van der Waals surface area contributed by atoms with Gasteiger partial charge in [-0.1, -0.05) is 23.2 Å². The molecule has 5 nitrogen and oxygen atoms in total. The van der Waals surface area contributed by atoms with E-state index in [1.54, 1.807) is 23.1 Å². The molecule has 1 atom stereocenters. The highest BCUT2D eigenvalue weighted by Gasteiger charge is 2.29. The fraction of sp³-hybridized carbons (Fsp3) is 0.529. The van der Waals surface area contributed by atoms with E-state index in [-0.39, 0.29) is 17.7 Å². The molecule has 0 bridgehead atoms. The average molecular weight is 370 g/mol. The summed E-state index contributed by atoms with van der Waals surface area (Å²) in [5.41, 5.74) is 0.506. The first-order valence-electron chi connectivity index (χ1n) is 8.27. The Morgan fingerprint density at radius 1 is 1.25 bits per heavy atom. The van der Waals surface area contributed by atoms with Gasteiger partial charge in [0.2, 0.25) is 5.91 Å². The van der Waals surface area contributed by atoms with Crippen molar-refractivity contribution in [3.05, 3.63) is 33.8 Å². The van der Waals surface area contributed by atoms with Gasteiger partial charge in [0.15, 0.2) is 0 Å². The number of nitrogens with one attached hydrogen (secondary N) is 2. The lowest BCUT2D eigenvalue weighted by Gasteiger charge is -2.33. The Bertz CT molecular complexity index is 634. The van der Waals surface area contributed by atoms with E-state index in [4.69, 9.17) is 23.2 Å². The Balaban J connectivity index is 1.58. The van der Waals surface area contributed by atoms with Crippen LogP contribution in [0.2, 0.25) is 10.0 Å². The van der Waals surface area contributed by atoms with Crippen LogP contribution in [0.15, 0.2) is 18.2 Å². The molecule has 0 saturated carbocycles. The van der Waals surface area contributed by atoms with Gasteiger partial charge in [-0.15, -0.1) is 0 Å². The Morgan fingerprint density at radius 2 is 2.04 bits per heavy atom. The van der Waals surface area contributed by atoms with Crippen molar-refractivity contribution in [1.29, 1.82) is 0 Å². The standard InChI is InChI=1S/C17H21Cl2N3O2/c18-14-4-3-12(6-15(14)19)17(24)22-5-1-2-13(10-22)16(23)21-9-11-7-20-8-11/h3-4,6,11,13,20H,1-2,5,7-10H2,(H,21,23). The molecule has 2 aliphatic rings. The van der Waals surface area contributed by atoms with E-state index in [0.717, 1.165) is 25.9 Å². The maximum absolute atomic E-state index is 12.6. The Kier molecular flexibility index (Phi) is 5.64. The number of likely N-dealkylation sites (tertiary alicyclic amines) is 1. The Hall–Kier alpha value is -1.30. The summed E-state index contributed by atoms with van der Waals surface area (Å²) < 4.78 is 0. The van der Waals surface area contributed by atoms with Crippen LogP contribution < -0.4 is 10.6 Å². The molecule has 0 aliphatic carbocycles. The van der Waals surface area contributed by atoms with Crippen LogP contribution in [0, 0.1) is 11.8 Å². The first kappa shape index (κ1) is 17.5. The molecule has 0 radical (unpaired) electrons. The van der Waals surface area contributed by atoms with Gasteiger partial charge in [-0.25, -0.2) is 0 Å². The molecular weight excluding hydrogens is 349 g/mol. The fourth-order valence-corrected chi connectivity index (χ4v) is 3.37. The fourth-order valence-electron chi connectivity index (χ4n) is 3.07. The van der Waals surface area contributed by atoms with E-state index < -0.39 is 0 Å². The lowest BCUT2D eigenvalue weighted by Crippen LogP contribution is -2.50. The van der Waals surface area contributed by atoms with Gasteiger partial charge in [0, 0.05) is 44.2 Å². The normalized spacial score (nSPS) is 21.2. The van der Waals surface area contributed by atoms with Crippen LogP contribution >= 0.6 is 23.2 Å². The topological polar surface area (TPSA) is 61.4 Å². The predicted octanol–water partition coefficient (Wildman–Crippen LogP) is 2.18. The number of halogens is 2. The number of rotatable bonds is 4. The minimum atomic E-state index is -0.140. The van der Waals surface area contributed by atoms with Crippen molar-refractivity contribution in [2.24, 2.45) is 11.8 Å². The molecule has 1 unspecified atom stereocenters. The summed E-state index contributed by atoms with van der Waals surface area (Å²) in [7, 11) is 0. The van der Waals surface area contributed by atoms with Crippen molar-refractivity contribution < 1.29 is 9.59 Å². The van der Waals surface area contributed by atoms with E-state index in [2.05, 4.69) is 10.6 Å². The number of carbonyl (C=O) groups is 2. The summed E-state index contributed by atoms with van der Waals surface area (Å²) in [5, 5.41) is 6.99. The third-order valence-electron chi connectivity index (χ3n) is 4.68. The molecule has 2 fully saturated rings. The van der Waals surface area contributed by atoms with Crippen LogP contribution in [-0.2, 0) is 4.79 Å². The van der Waals surface area contributed by atoms with E-state index in [9.17, 15) is 9.59 Å². The predicted molar refractivity (Wildman–Crippen MR) is 94.5 cm³/mol. The molecule has 2 aliphatic heterocycles. The summed E-state index contributed by atoms with van der Waals surface area (Å²) >= 11 is 11.9. The summed E-state index contributed by atoms with van der Waals surface area (Å²) in [6, 6.07) is 4.88. The zero-order valence-electron chi connectivity index (χ0n) is 13.4. The van der Waals surface area contributed by atoms with Crippen molar-refractivity contribution in [2.75, 3.05) is 32.7 Å². The molecule has 7 heteroatoms. The minimum Gasteiger partial charge on any atom is -0.355 e. The third-order valence-corrected chi connectivity index (χ3v) is 5.42. The van der Waals surface area contributed by atoms with Crippen LogP contribution in [0.1, 0.15) is 23.2 Å². The lowest BCUT2D eigenvalue weighted by molar-refractivity contribution is -0.126. The Labute approximate surface area is 151 Å². The van der Waals surface area contributed by atoms with Crippen LogP contribution in [-0.4, -0.2) is 49.4 Å². The van der Waals surface area contributed by atoms with Crippen molar-refractivity contribution in [2.45, 2.75) is 12.8 Å². The third kappa shape index (κ3) is 4.02. The van der Waals surface area contributed by atoms with Crippen molar-refractivity contribution in [3.8, 4) is 0 Å². The minimum absolute atomic E-state index is 0.0496. The van der Waals surface area contributed by atoms with Gasteiger partial charge < -0.3 is 15.5 Å². The van der Waals surface area contributed by atoms with Crippen molar-refractivity contribution in [1.82, 2.24) is 15.5 Å². The number of amides is 2. The second kappa shape index (κ2) is 7.72. The van der Waals surface area contributed by atoms with Gasteiger partial charge in [0.1, 0.15) is 0 Å². The number of piperidine rings is 1. The second-order valence-electron chi connectivity index (χ2n) is 6.49. The van der Waals surface area contributed by atoms with Gasteiger partial charge in [0.05, 0.1) is 16.0 Å². The summed E-state index contributed by atoms with van der Waals surface area (Å²) in [4.78, 5) is 26.7. The maximum atomic E-state index is 12.6. The number of hydrogen-bond donors (Lipinski definition) is 2. The molecule has 130 valence electrons. The van der Waals surface area contributed by atoms with Gasteiger partial charge in [-0.05, 0) is 31.0 Å². The highest BCUT2D eigenvalue weighted by molar-refractivity contribution is 6.42. The highest BCUT2D eigenvalue weighted by atomic mass is 35.5. The molecule has 2 heterocycles. The molecule has 2 N–H and O–H groups in total. The van der Waals surface area contributed by atoms with Crippen molar-refractivity contribution in [3.63, 3.8) is 0 Å². The number of nitrogens with zero attached hydrogens (tertiary/aromatic N) is 1. The van der Waals surface area contributed by atoms with E-state index >= 15 is 0 Å². The average Bonchev–Trinajstić information content (AvgIpc) is 2.55. The second-order valence-corrected chi connectivity index (χ2v) is 7.30. The zero-order valence-corrected chi connectivity index (χ0v) is 14.9. The van der Waals surface area contributed by atoms with Crippen molar-refractivity contribution >= 4 is 35.0 Å². The molecule has 1 aromatic rings. The van der Waals surface area contributed by atoms with Gasteiger partial charge in [0.25, 0.3) is 5.91 Å². The monoisotopic (exact) mass is 369 g/mol. The molecule has 24 heavy (non-hydrogen) atoms. The smallest absolute Gasteiger partial charge is 0.253 e. The van der Waals surface area contributed by atoms with E-state index in [0.29, 0.717) is 41.2 Å². The molecule has 2 saturated heterocycles. The molecule has 3 rings (SSSR count). The summed E-state index contributed by atoms with van der Waals surface area (Å²) in [5.74, 6) is 0.341. The van der Waals surface area contributed by atoms with Crippen LogP contribution in [0.25, 0.3) is 0 Å². The van der Waals surface area contributed by atoms with Gasteiger partial charge in [-0.2, -0.15) is 0 Å². The quantitative estimate of drug-likeness (QED) is 0.854. The van der Waals surface area contributed by atoms with E-state index in [1.807, 2.05) is 0 Å². The van der Waals surface area contributed by atoms with Crippen LogP contribution in [0.3, 0.4) is 0 Å². The Morgan fingerprint density at radius 3 is 2.71 bits per heavy atom. The summed E-state index contributed by atoms with van der Waals surface area (Å²) in [6.07, 6.45) is 1.65. The first-order chi connectivity index (χ1) is 11.5. The maximum Gasteiger partial charge on any atom is 0.253 e. The summed E-state index contributed by atoms with van der Waals surface area (Å²) in [6.45, 7) is 3.76. The zero-order chi connectivity index (χ0) is 17.1. The molecular formula is C17H21Cl2N3O2. The SMILES string of the molecule is O=C(NCC1CNC1)C1CCCN(C(=O)c2ccc(Cl)c(Cl)c2)C1. The molecule has 2 amide bonds. The van der Waals surface area contributed by atoms with Gasteiger partial charge >= 0.3 is 0 Å². The number of carbonyl (C=O) groups excluding carboxylic acids is 2. The first-order valence-corrected chi connectivity index (χ1v) is 9.03. The van der Waals surface area contributed by atoms with Gasteiger partial charge in [-0.3, -0.25) is 9.59 Å². The molecule has 0 aromatic heterocycles. The van der Waals surface area contributed by atoms with Crippen LogP contribution in [0.4, 0.5) is 0 Å². The molecule has 0 spiro atoms.